The molecule has 0 radical (unpaired) electrons. The number of hydrogen-bond donors (Lipinski definition) is 1. The third-order valence-corrected chi connectivity index (χ3v) is 2.99. The predicted molar refractivity (Wildman–Crippen MR) is 70.7 cm³/mol. The molecule has 0 fully saturated rings. The molecule has 0 bridgehead atoms. The van der Waals surface area contributed by atoms with Crippen molar-refractivity contribution in [3.63, 3.8) is 0 Å². The summed E-state index contributed by atoms with van der Waals surface area (Å²) in [6.45, 7) is 0. The number of nitrogens with zero attached hydrogens (tertiary/aromatic N) is 1. The van der Waals surface area contributed by atoms with Crippen LogP contribution in [0.2, 0.25) is 0 Å². The maximum Gasteiger partial charge on any atom is 0.0951 e. The molecule has 90 valence electrons. The second-order valence-corrected chi connectivity index (χ2v) is 4.28. The highest BCUT2D eigenvalue weighted by atomic mass is 16.3. The standard InChI is InChI=1S/C16H15NO/c17-12-15(11-13-7-3-1-4-8-13)16(18)14-9-5-2-6-10-14/h1-10,15-16,18H,11H2. The largest absolute Gasteiger partial charge is 0.387 e. The summed E-state index contributed by atoms with van der Waals surface area (Å²) in [4.78, 5) is 0. The first-order valence-electron chi connectivity index (χ1n) is 5.98. The summed E-state index contributed by atoms with van der Waals surface area (Å²) in [6, 6.07) is 21.3. The van der Waals surface area contributed by atoms with Gasteiger partial charge in [-0.25, -0.2) is 0 Å². The molecule has 2 aromatic rings. The van der Waals surface area contributed by atoms with E-state index in [-0.39, 0.29) is 0 Å². The lowest BCUT2D eigenvalue weighted by molar-refractivity contribution is 0.134. The minimum absolute atomic E-state index is 0.421. The number of hydrogen-bond acceptors (Lipinski definition) is 2. The van der Waals surface area contributed by atoms with Crippen LogP contribution in [0.1, 0.15) is 17.2 Å². The average Bonchev–Trinajstić information content (AvgIpc) is 2.46. The second-order valence-electron chi connectivity index (χ2n) is 4.28. The van der Waals surface area contributed by atoms with Crippen molar-refractivity contribution >= 4 is 0 Å². The molecule has 2 aromatic carbocycles. The first-order valence-corrected chi connectivity index (χ1v) is 5.98. The Bertz CT molecular complexity index is 516. The molecule has 2 heteroatoms. The van der Waals surface area contributed by atoms with E-state index < -0.39 is 12.0 Å². The lowest BCUT2D eigenvalue weighted by Gasteiger charge is -2.17. The van der Waals surface area contributed by atoms with Crippen LogP contribution in [0.4, 0.5) is 0 Å². The third kappa shape index (κ3) is 2.97. The first-order chi connectivity index (χ1) is 8.81. The van der Waals surface area contributed by atoms with Crippen LogP contribution in [-0.4, -0.2) is 5.11 Å². The summed E-state index contributed by atoms with van der Waals surface area (Å²) in [7, 11) is 0. The second kappa shape index (κ2) is 6.00. The Labute approximate surface area is 107 Å². The first kappa shape index (κ1) is 12.3. The van der Waals surface area contributed by atoms with Gasteiger partial charge in [-0.05, 0) is 17.5 Å². The fourth-order valence-corrected chi connectivity index (χ4v) is 1.98. The summed E-state index contributed by atoms with van der Waals surface area (Å²) in [6.07, 6.45) is -0.177. The molecule has 2 nitrogen and oxygen atoms in total. The van der Waals surface area contributed by atoms with Gasteiger partial charge in [0.25, 0.3) is 0 Å². The zero-order valence-electron chi connectivity index (χ0n) is 10.0. The normalized spacial score (nSPS) is 13.6. The van der Waals surface area contributed by atoms with Crippen LogP contribution in [-0.2, 0) is 6.42 Å². The summed E-state index contributed by atoms with van der Waals surface area (Å²) in [5.74, 6) is -0.421. The van der Waals surface area contributed by atoms with Gasteiger partial charge in [-0.2, -0.15) is 5.26 Å². The number of benzene rings is 2. The molecular weight excluding hydrogens is 222 g/mol. The Hall–Kier alpha value is -2.11. The van der Waals surface area contributed by atoms with Crippen LogP contribution >= 0.6 is 0 Å². The van der Waals surface area contributed by atoms with E-state index >= 15 is 0 Å². The summed E-state index contributed by atoms with van der Waals surface area (Å²) in [5.41, 5.74) is 1.86. The van der Waals surface area contributed by atoms with Gasteiger partial charge in [0.1, 0.15) is 0 Å². The van der Waals surface area contributed by atoms with E-state index in [0.29, 0.717) is 6.42 Å². The number of nitriles is 1. The van der Waals surface area contributed by atoms with Crippen molar-refractivity contribution in [3.8, 4) is 6.07 Å². The molecule has 0 aliphatic rings. The molecule has 2 rings (SSSR count). The van der Waals surface area contributed by atoms with Gasteiger partial charge in [0, 0.05) is 0 Å². The Kier molecular flexibility index (Phi) is 4.11. The Morgan fingerprint density at radius 3 is 2.06 bits per heavy atom. The highest BCUT2D eigenvalue weighted by molar-refractivity contribution is 5.22. The van der Waals surface area contributed by atoms with E-state index in [1.165, 1.54) is 0 Å². The van der Waals surface area contributed by atoms with Gasteiger partial charge in [-0.1, -0.05) is 60.7 Å². The minimum Gasteiger partial charge on any atom is -0.387 e. The van der Waals surface area contributed by atoms with E-state index in [4.69, 9.17) is 0 Å². The highest BCUT2D eigenvalue weighted by Crippen LogP contribution is 2.24. The molecule has 1 N–H and O–H groups in total. The Morgan fingerprint density at radius 1 is 0.944 bits per heavy atom. The maximum absolute atomic E-state index is 10.2. The summed E-state index contributed by atoms with van der Waals surface area (Å²) < 4.78 is 0. The average molecular weight is 237 g/mol. The quantitative estimate of drug-likeness (QED) is 0.888. The van der Waals surface area contributed by atoms with Crippen molar-refractivity contribution in [2.24, 2.45) is 5.92 Å². The number of aliphatic hydroxyl groups excluding tert-OH is 1. The molecule has 0 spiro atoms. The molecule has 0 aliphatic heterocycles. The van der Waals surface area contributed by atoms with Gasteiger partial charge in [-0.15, -0.1) is 0 Å². The van der Waals surface area contributed by atoms with Crippen molar-refractivity contribution in [1.29, 1.82) is 5.26 Å². The van der Waals surface area contributed by atoms with Gasteiger partial charge in [-0.3, -0.25) is 0 Å². The number of rotatable bonds is 4. The monoisotopic (exact) mass is 237 g/mol. The topological polar surface area (TPSA) is 44.0 Å². The third-order valence-electron chi connectivity index (χ3n) is 2.99. The summed E-state index contributed by atoms with van der Waals surface area (Å²) in [5, 5.41) is 19.4. The van der Waals surface area contributed by atoms with Crippen LogP contribution < -0.4 is 0 Å². The van der Waals surface area contributed by atoms with E-state index in [2.05, 4.69) is 6.07 Å². The van der Waals surface area contributed by atoms with Crippen LogP contribution in [0.5, 0.6) is 0 Å². The molecule has 0 saturated carbocycles. The SMILES string of the molecule is N#CC(Cc1ccccc1)C(O)c1ccccc1. The van der Waals surface area contributed by atoms with Crippen LogP contribution in [0.25, 0.3) is 0 Å². The molecule has 0 aromatic heterocycles. The molecular formula is C16H15NO. The molecule has 18 heavy (non-hydrogen) atoms. The fraction of sp³-hybridized carbons (Fsp3) is 0.188. The van der Waals surface area contributed by atoms with E-state index in [0.717, 1.165) is 11.1 Å². The smallest absolute Gasteiger partial charge is 0.0951 e. The molecule has 0 heterocycles. The molecule has 2 unspecified atom stereocenters. The molecule has 2 atom stereocenters. The van der Waals surface area contributed by atoms with Crippen LogP contribution in [0, 0.1) is 17.2 Å². The maximum atomic E-state index is 10.2. The zero-order valence-corrected chi connectivity index (χ0v) is 10.0. The van der Waals surface area contributed by atoms with Crippen molar-refractivity contribution in [1.82, 2.24) is 0 Å². The Balaban J connectivity index is 2.13. The number of aliphatic hydroxyl groups is 1. The van der Waals surface area contributed by atoms with Crippen molar-refractivity contribution < 1.29 is 5.11 Å². The van der Waals surface area contributed by atoms with E-state index in [1.807, 2.05) is 60.7 Å². The van der Waals surface area contributed by atoms with Crippen molar-refractivity contribution in [2.45, 2.75) is 12.5 Å². The minimum atomic E-state index is -0.739. The molecule has 0 aliphatic carbocycles. The van der Waals surface area contributed by atoms with E-state index in [9.17, 15) is 10.4 Å². The molecule has 0 amide bonds. The van der Waals surface area contributed by atoms with E-state index in [1.54, 1.807) is 0 Å². The highest BCUT2D eigenvalue weighted by Gasteiger charge is 2.20. The van der Waals surface area contributed by atoms with Crippen LogP contribution in [0.15, 0.2) is 60.7 Å². The van der Waals surface area contributed by atoms with Crippen molar-refractivity contribution in [2.75, 3.05) is 0 Å². The predicted octanol–water partition coefficient (Wildman–Crippen LogP) is 3.10. The zero-order chi connectivity index (χ0) is 12.8. The van der Waals surface area contributed by atoms with Gasteiger partial charge in [0.05, 0.1) is 18.1 Å². The summed E-state index contributed by atoms with van der Waals surface area (Å²) >= 11 is 0. The Morgan fingerprint density at radius 2 is 1.50 bits per heavy atom. The lowest BCUT2D eigenvalue weighted by Crippen LogP contribution is -2.13. The van der Waals surface area contributed by atoms with Gasteiger partial charge in [0.2, 0.25) is 0 Å². The lowest BCUT2D eigenvalue weighted by atomic mass is 9.91. The fourth-order valence-electron chi connectivity index (χ4n) is 1.98. The van der Waals surface area contributed by atoms with Gasteiger partial charge in [0.15, 0.2) is 0 Å². The van der Waals surface area contributed by atoms with Gasteiger partial charge < -0.3 is 5.11 Å². The van der Waals surface area contributed by atoms with Crippen LogP contribution in [0.3, 0.4) is 0 Å². The van der Waals surface area contributed by atoms with Gasteiger partial charge >= 0.3 is 0 Å². The molecule has 0 saturated heterocycles. The van der Waals surface area contributed by atoms with Crippen molar-refractivity contribution in [3.05, 3.63) is 71.8 Å².